The van der Waals surface area contributed by atoms with E-state index >= 15 is 0 Å². The molecule has 0 saturated carbocycles. The zero-order chi connectivity index (χ0) is 21.7. The van der Waals surface area contributed by atoms with Crippen LogP contribution in [0, 0.1) is 5.41 Å². The fourth-order valence-electron chi connectivity index (χ4n) is 3.98. The molecule has 1 aliphatic heterocycles. The highest BCUT2D eigenvalue weighted by Crippen LogP contribution is 2.45. The number of aliphatic hydroxyl groups is 1. The maximum absolute atomic E-state index is 13.5. The number of benzene rings is 1. The molecule has 3 rings (SSSR count). The Balaban J connectivity index is 2.15. The maximum Gasteiger partial charge on any atom is 0.408 e. The van der Waals surface area contributed by atoms with Gasteiger partial charge in [0.15, 0.2) is 0 Å². The van der Waals surface area contributed by atoms with Gasteiger partial charge in [0.05, 0.1) is 12.6 Å². The Morgan fingerprint density at radius 3 is 2.55 bits per heavy atom. The average molecular weight is 468 g/mol. The van der Waals surface area contributed by atoms with E-state index in [0.717, 1.165) is 4.90 Å². The Labute approximate surface area is 175 Å². The summed E-state index contributed by atoms with van der Waals surface area (Å²) in [5.41, 5.74) is 3.39. The lowest BCUT2D eigenvalue weighted by Gasteiger charge is -2.45. The van der Waals surface area contributed by atoms with Crippen LogP contribution in [0.2, 0.25) is 0 Å². The fraction of sp³-hybridized carbons (Fsp3) is 0.421. The molecular formula is C19H22BrN3O6. The van der Waals surface area contributed by atoms with E-state index in [-0.39, 0.29) is 24.4 Å². The van der Waals surface area contributed by atoms with Crippen molar-refractivity contribution in [3.63, 3.8) is 0 Å². The van der Waals surface area contributed by atoms with Crippen molar-refractivity contribution >= 4 is 50.5 Å². The molecule has 1 fully saturated rings. The standard InChI is InChI=1S/C19H22BrN3O6/c1-18(2,3)19(7-10(24)8-23(19)17(27)28)16(26)22-13-11-6-9(20)4-5-12(11)29-14(13)15(21)25/h4-6,10,24H,7-8H2,1-3H3,(H2,21,25)(H,22,26)(H,27,28)/t10-,19-/m1/s1. The van der Waals surface area contributed by atoms with Crippen molar-refractivity contribution in [3.8, 4) is 0 Å². The molecule has 5 N–H and O–H groups in total. The average Bonchev–Trinajstić information content (AvgIpc) is 3.13. The van der Waals surface area contributed by atoms with Gasteiger partial charge in [-0.15, -0.1) is 0 Å². The molecule has 156 valence electrons. The van der Waals surface area contributed by atoms with Crippen LogP contribution in [0.5, 0.6) is 0 Å². The summed E-state index contributed by atoms with van der Waals surface area (Å²) in [5, 5.41) is 23.0. The molecule has 0 bridgehead atoms. The molecular weight excluding hydrogens is 446 g/mol. The van der Waals surface area contributed by atoms with Crippen LogP contribution in [0.25, 0.3) is 11.0 Å². The highest BCUT2D eigenvalue weighted by atomic mass is 79.9. The van der Waals surface area contributed by atoms with E-state index in [2.05, 4.69) is 21.2 Å². The highest BCUT2D eigenvalue weighted by Gasteiger charge is 2.60. The minimum atomic E-state index is -1.57. The number of nitrogens with two attached hydrogens (primary N) is 1. The lowest BCUT2D eigenvalue weighted by molar-refractivity contribution is -0.132. The van der Waals surface area contributed by atoms with Crippen LogP contribution in [0.1, 0.15) is 37.7 Å². The first kappa shape index (κ1) is 21.1. The third kappa shape index (κ3) is 3.36. The van der Waals surface area contributed by atoms with Gasteiger partial charge >= 0.3 is 6.09 Å². The minimum Gasteiger partial charge on any atom is -0.465 e. The summed E-state index contributed by atoms with van der Waals surface area (Å²) in [6.07, 6.45) is -2.40. The normalized spacial score (nSPS) is 22.1. The molecule has 1 aromatic carbocycles. The van der Waals surface area contributed by atoms with E-state index in [1.807, 2.05) is 0 Å². The van der Waals surface area contributed by atoms with Gasteiger partial charge in [0.1, 0.15) is 16.8 Å². The van der Waals surface area contributed by atoms with Gasteiger partial charge in [-0.1, -0.05) is 36.7 Å². The van der Waals surface area contributed by atoms with Crippen LogP contribution in [-0.4, -0.2) is 51.2 Å². The van der Waals surface area contributed by atoms with Gasteiger partial charge in [-0.05, 0) is 23.6 Å². The van der Waals surface area contributed by atoms with Crippen LogP contribution in [-0.2, 0) is 4.79 Å². The van der Waals surface area contributed by atoms with Crippen LogP contribution >= 0.6 is 15.9 Å². The van der Waals surface area contributed by atoms with E-state index in [9.17, 15) is 24.6 Å². The molecule has 0 spiro atoms. The van der Waals surface area contributed by atoms with Gasteiger partial charge in [-0.3, -0.25) is 14.5 Å². The first-order valence-electron chi connectivity index (χ1n) is 8.90. The number of nitrogens with zero attached hydrogens (tertiary/aromatic N) is 1. The second-order valence-electron chi connectivity index (χ2n) is 8.13. The predicted molar refractivity (Wildman–Crippen MR) is 109 cm³/mol. The molecule has 1 aliphatic rings. The number of anilines is 1. The van der Waals surface area contributed by atoms with Gasteiger partial charge < -0.3 is 25.7 Å². The molecule has 2 aromatic rings. The molecule has 0 aliphatic carbocycles. The molecule has 2 atom stereocenters. The van der Waals surface area contributed by atoms with Crippen molar-refractivity contribution in [1.29, 1.82) is 0 Å². The van der Waals surface area contributed by atoms with Crippen LogP contribution in [0.4, 0.5) is 10.5 Å². The number of halogens is 1. The number of carboxylic acid groups (broad SMARTS) is 1. The van der Waals surface area contributed by atoms with Crippen molar-refractivity contribution in [3.05, 3.63) is 28.4 Å². The maximum atomic E-state index is 13.5. The quantitative estimate of drug-likeness (QED) is 0.545. The second-order valence-corrected chi connectivity index (χ2v) is 9.04. The smallest absolute Gasteiger partial charge is 0.408 e. The number of amides is 3. The Hall–Kier alpha value is -2.59. The fourth-order valence-corrected chi connectivity index (χ4v) is 4.34. The summed E-state index contributed by atoms with van der Waals surface area (Å²) in [6, 6.07) is 4.98. The Morgan fingerprint density at radius 1 is 1.34 bits per heavy atom. The van der Waals surface area contributed by atoms with E-state index in [1.54, 1.807) is 39.0 Å². The third-order valence-electron chi connectivity index (χ3n) is 5.34. The molecule has 1 aromatic heterocycles. The van der Waals surface area contributed by atoms with Crippen molar-refractivity contribution in [2.75, 3.05) is 11.9 Å². The van der Waals surface area contributed by atoms with E-state index in [4.69, 9.17) is 10.2 Å². The Morgan fingerprint density at radius 2 is 2.00 bits per heavy atom. The lowest BCUT2D eigenvalue weighted by atomic mass is 9.70. The molecule has 9 nitrogen and oxygen atoms in total. The summed E-state index contributed by atoms with van der Waals surface area (Å²) in [4.78, 5) is 38.3. The van der Waals surface area contributed by atoms with E-state index in [1.165, 1.54) is 0 Å². The van der Waals surface area contributed by atoms with Crippen molar-refractivity contribution < 1.29 is 29.0 Å². The molecule has 10 heteroatoms. The van der Waals surface area contributed by atoms with Crippen molar-refractivity contribution in [2.24, 2.45) is 11.1 Å². The largest absolute Gasteiger partial charge is 0.465 e. The number of fused-ring (bicyclic) bond motifs is 1. The topological polar surface area (TPSA) is 146 Å². The molecule has 29 heavy (non-hydrogen) atoms. The van der Waals surface area contributed by atoms with Gasteiger partial charge in [0.25, 0.3) is 11.8 Å². The second kappa shape index (κ2) is 7.03. The summed E-state index contributed by atoms with van der Waals surface area (Å²) < 4.78 is 6.19. The number of primary amides is 1. The van der Waals surface area contributed by atoms with Gasteiger partial charge in [-0.25, -0.2) is 4.79 Å². The van der Waals surface area contributed by atoms with Crippen molar-refractivity contribution in [1.82, 2.24) is 4.90 Å². The number of rotatable bonds is 3. The zero-order valence-corrected chi connectivity index (χ0v) is 17.7. The van der Waals surface area contributed by atoms with E-state index in [0.29, 0.717) is 15.4 Å². The number of aliphatic hydroxyl groups excluding tert-OH is 1. The predicted octanol–water partition coefficient (Wildman–Crippen LogP) is 2.76. The summed E-state index contributed by atoms with van der Waals surface area (Å²) in [7, 11) is 0. The molecule has 2 heterocycles. The minimum absolute atomic E-state index is 0.0640. The van der Waals surface area contributed by atoms with Gasteiger partial charge in [0.2, 0.25) is 5.76 Å². The molecule has 0 radical (unpaired) electrons. The zero-order valence-electron chi connectivity index (χ0n) is 16.2. The number of β-amino-alcohol motifs (C(OH)–C–C–N with tert-alkyl or cyclic N) is 1. The number of nitrogens with one attached hydrogen (secondary N) is 1. The summed E-state index contributed by atoms with van der Waals surface area (Å²) >= 11 is 3.33. The van der Waals surface area contributed by atoms with Crippen molar-refractivity contribution in [2.45, 2.75) is 38.8 Å². The first-order valence-corrected chi connectivity index (χ1v) is 9.69. The third-order valence-corrected chi connectivity index (χ3v) is 5.84. The number of hydrogen-bond donors (Lipinski definition) is 4. The number of carbonyl (C=O) groups excluding carboxylic acids is 2. The monoisotopic (exact) mass is 467 g/mol. The summed E-state index contributed by atoms with van der Waals surface area (Å²) in [6.45, 7) is 4.97. The number of likely N-dealkylation sites (tertiary alicyclic amines) is 1. The van der Waals surface area contributed by atoms with Crippen LogP contribution in [0.15, 0.2) is 27.1 Å². The first-order chi connectivity index (χ1) is 13.4. The van der Waals surface area contributed by atoms with E-state index < -0.39 is 35.0 Å². The SMILES string of the molecule is CC(C)(C)[C@]1(C(=O)Nc2c(C(N)=O)oc3ccc(Br)cc23)C[C@@H](O)CN1C(=O)O. The Bertz CT molecular complexity index is 1010. The van der Waals surface area contributed by atoms with Crippen LogP contribution < -0.4 is 11.1 Å². The number of hydrogen-bond acceptors (Lipinski definition) is 5. The number of furan rings is 1. The highest BCUT2D eigenvalue weighted by molar-refractivity contribution is 9.10. The van der Waals surface area contributed by atoms with Gasteiger partial charge in [-0.2, -0.15) is 0 Å². The number of carbonyl (C=O) groups is 3. The lowest BCUT2D eigenvalue weighted by Crippen LogP contribution is -2.62. The Kier molecular flexibility index (Phi) is 5.12. The molecule has 0 unspecified atom stereocenters. The molecule has 3 amide bonds. The summed E-state index contributed by atoms with van der Waals surface area (Å²) in [5.74, 6) is -1.79. The van der Waals surface area contributed by atoms with Crippen LogP contribution in [0.3, 0.4) is 0 Å². The molecule has 1 saturated heterocycles. The van der Waals surface area contributed by atoms with Gasteiger partial charge in [0, 0.05) is 16.3 Å².